The Morgan fingerprint density at radius 3 is 2.83 bits per heavy atom. The molecule has 1 amide bonds. The highest BCUT2D eigenvalue weighted by Gasteiger charge is 2.25. The number of hydrogen-bond donors (Lipinski definition) is 2. The van der Waals surface area contributed by atoms with Gasteiger partial charge < -0.3 is 10.6 Å². The Hall–Kier alpha value is -0.570. The standard InChI is InChI=1S/C9H16N2O/c12-9(8-3-4-10-6-8)11-5-7-1-2-7/h7-8,10H,1-6H2,(H,11,12)/t8-/m1/s1. The Morgan fingerprint density at radius 2 is 2.25 bits per heavy atom. The third kappa shape index (κ3) is 1.97. The minimum atomic E-state index is 0.240. The number of carbonyl (C=O) groups excluding carboxylic acids is 1. The quantitative estimate of drug-likeness (QED) is 0.628. The van der Waals surface area contributed by atoms with Crippen LogP contribution >= 0.6 is 0 Å². The van der Waals surface area contributed by atoms with Gasteiger partial charge in [-0.1, -0.05) is 0 Å². The minimum absolute atomic E-state index is 0.240. The van der Waals surface area contributed by atoms with Crippen LogP contribution in [0.1, 0.15) is 19.3 Å². The van der Waals surface area contributed by atoms with Gasteiger partial charge >= 0.3 is 0 Å². The zero-order valence-corrected chi connectivity index (χ0v) is 7.31. The zero-order chi connectivity index (χ0) is 8.39. The van der Waals surface area contributed by atoms with Gasteiger partial charge in [0, 0.05) is 13.1 Å². The van der Waals surface area contributed by atoms with E-state index in [2.05, 4.69) is 10.6 Å². The van der Waals surface area contributed by atoms with Crippen LogP contribution in [-0.2, 0) is 4.79 Å². The predicted octanol–water partition coefficient (Wildman–Crippen LogP) is 0.122. The molecule has 1 atom stereocenters. The Bertz CT molecular complexity index is 171. The third-order valence-electron chi connectivity index (χ3n) is 2.69. The molecule has 0 radical (unpaired) electrons. The Morgan fingerprint density at radius 1 is 1.42 bits per heavy atom. The lowest BCUT2D eigenvalue weighted by molar-refractivity contribution is -0.124. The van der Waals surface area contributed by atoms with Crippen molar-refractivity contribution in [3.05, 3.63) is 0 Å². The molecule has 2 fully saturated rings. The van der Waals surface area contributed by atoms with Crippen molar-refractivity contribution in [1.82, 2.24) is 10.6 Å². The molecule has 0 spiro atoms. The van der Waals surface area contributed by atoms with Crippen molar-refractivity contribution < 1.29 is 4.79 Å². The number of hydrogen-bond acceptors (Lipinski definition) is 2. The van der Waals surface area contributed by atoms with Crippen LogP contribution in [0.15, 0.2) is 0 Å². The Balaban J connectivity index is 1.67. The van der Waals surface area contributed by atoms with Crippen molar-refractivity contribution in [3.63, 3.8) is 0 Å². The van der Waals surface area contributed by atoms with Gasteiger partial charge in [0.1, 0.15) is 0 Å². The van der Waals surface area contributed by atoms with Crippen LogP contribution < -0.4 is 10.6 Å². The fourth-order valence-electron chi connectivity index (χ4n) is 1.59. The van der Waals surface area contributed by atoms with Crippen LogP contribution in [0.4, 0.5) is 0 Å². The van der Waals surface area contributed by atoms with E-state index in [0.717, 1.165) is 32.0 Å². The van der Waals surface area contributed by atoms with Crippen molar-refractivity contribution in [2.45, 2.75) is 19.3 Å². The molecule has 2 rings (SSSR count). The molecule has 1 heterocycles. The molecule has 2 N–H and O–H groups in total. The lowest BCUT2D eigenvalue weighted by Crippen LogP contribution is -2.33. The first-order valence-electron chi connectivity index (χ1n) is 4.84. The van der Waals surface area contributed by atoms with E-state index in [-0.39, 0.29) is 11.8 Å². The summed E-state index contributed by atoms with van der Waals surface area (Å²) in [5, 5.41) is 6.20. The van der Waals surface area contributed by atoms with Gasteiger partial charge in [-0.25, -0.2) is 0 Å². The SMILES string of the molecule is O=C(NCC1CC1)[C@@H]1CCNC1. The average Bonchev–Trinajstić information content (AvgIpc) is 2.74. The van der Waals surface area contributed by atoms with Gasteiger partial charge in [-0.3, -0.25) is 4.79 Å². The van der Waals surface area contributed by atoms with E-state index < -0.39 is 0 Å². The van der Waals surface area contributed by atoms with Crippen LogP contribution in [0, 0.1) is 11.8 Å². The molecule has 3 heteroatoms. The summed E-state index contributed by atoms with van der Waals surface area (Å²) in [6, 6.07) is 0. The third-order valence-corrected chi connectivity index (χ3v) is 2.69. The van der Waals surface area contributed by atoms with Crippen molar-refractivity contribution >= 4 is 5.91 Å². The first-order valence-corrected chi connectivity index (χ1v) is 4.84. The molecular weight excluding hydrogens is 152 g/mol. The molecule has 1 aliphatic heterocycles. The first kappa shape index (κ1) is 8.05. The van der Waals surface area contributed by atoms with Gasteiger partial charge in [0.05, 0.1) is 5.92 Å². The second kappa shape index (κ2) is 3.44. The lowest BCUT2D eigenvalue weighted by Gasteiger charge is -2.08. The number of rotatable bonds is 3. The van der Waals surface area contributed by atoms with E-state index in [9.17, 15) is 4.79 Å². The van der Waals surface area contributed by atoms with Crippen LogP contribution in [-0.4, -0.2) is 25.5 Å². The van der Waals surface area contributed by atoms with E-state index in [1.54, 1.807) is 0 Å². The van der Waals surface area contributed by atoms with E-state index >= 15 is 0 Å². The summed E-state index contributed by atoms with van der Waals surface area (Å²) in [7, 11) is 0. The van der Waals surface area contributed by atoms with Gasteiger partial charge in [-0.15, -0.1) is 0 Å². The van der Waals surface area contributed by atoms with E-state index in [4.69, 9.17) is 0 Å². The average molecular weight is 168 g/mol. The number of nitrogens with one attached hydrogen (secondary N) is 2. The van der Waals surface area contributed by atoms with Gasteiger partial charge in [-0.05, 0) is 31.7 Å². The molecular formula is C9H16N2O. The summed E-state index contributed by atoms with van der Waals surface area (Å²) in [6.07, 6.45) is 3.63. The fourth-order valence-corrected chi connectivity index (χ4v) is 1.59. The molecule has 3 nitrogen and oxygen atoms in total. The molecule has 1 aliphatic carbocycles. The molecule has 1 saturated heterocycles. The highest BCUT2D eigenvalue weighted by molar-refractivity contribution is 5.79. The summed E-state index contributed by atoms with van der Waals surface area (Å²) in [5.41, 5.74) is 0. The zero-order valence-electron chi connectivity index (χ0n) is 7.31. The maximum Gasteiger partial charge on any atom is 0.224 e. The molecule has 0 bridgehead atoms. The van der Waals surface area contributed by atoms with Crippen molar-refractivity contribution in [2.75, 3.05) is 19.6 Å². The summed E-state index contributed by atoms with van der Waals surface area (Å²) >= 11 is 0. The fraction of sp³-hybridized carbons (Fsp3) is 0.889. The van der Waals surface area contributed by atoms with Crippen LogP contribution in [0.5, 0.6) is 0 Å². The maximum atomic E-state index is 11.4. The normalized spacial score (nSPS) is 28.8. The molecule has 0 unspecified atom stereocenters. The predicted molar refractivity (Wildman–Crippen MR) is 46.7 cm³/mol. The molecule has 0 aromatic carbocycles. The largest absolute Gasteiger partial charge is 0.356 e. The second-order valence-electron chi connectivity index (χ2n) is 3.88. The Labute approximate surface area is 72.9 Å². The summed E-state index contributed by atoms with van der Waals surface area (Å²) in [4.78, 5) is 11.4. The summed E-state index contributed by atoms with van der Waals surface area (Å²) in [5.74, 6) is 1.29. The lowest BCUT2D eigenvalue weighted by atomic mass is 10.1. The van der Waals surface area contributed by atoms with Gasteiger partial charge in [0.15, 0.2) is 0 Å². The minimum Gasteiger partial charge on any atom is -0.356 e. The van der Waals surface area contributed by atoms with Crippen LogP contribution in [0.3, 0.4) is 0 Å². The summed E-state index contributed by atoms with van der Waals surface area (Å²) < 4.78 is 0. The van der Waals surface area contributed by atoms with E-state index in [1.165, 1.54) is 12.8 Å². The molecule has 0 aromatic heterocycles. The molecule has 1 saturated carbocycles. The van der Waals surface area contributed by atoms with Crippen molar-refractivity contribution in [1.29, 1.82) is 0 Å². The van der Waals surface area contributed by atoms with Crippen LogP contribution in [0.25, 0.3) is 0 Å². The number of carbonyl (C=O) groups is 1. The highest BCUT2D eigenvalue weighted by atomic mass is 16.1. The van der Waals surface area contributed by atoms with Crippen LogP contribution in [0.2, 0.25) is 0 Å². The Kier molecular flexibility index (Phi) is 2.30. The van der Waals surface area contributed by atoms with Crippen molar-refractivity contribution in [3.8, 4) is 0 Å². The first-order chi connectivity index (χ1) is 5.86. The van der Waals surface area contributed by atoms with E-state index in [1.807, 2.05) is 0 Å². The topological polar surface area (TPSA) is 41.1 Å². The second-order valence-corrected chi connectivity index (χ2v) is 3.88. The smallest absolute Gasteiger partial charge is 0.224 e. The van der Waals surface area contributed by atoms with Gasteiger partial charge in [-0.2, -0.15) is 0 Å². The molecule has 68 valence electrons. The summed E-state index contributed by atoms with van der Waals surface area (Å²) in [6.45, 7) is 2.79. The van der Waals surface area contributed by atoms with E-state index in [0.29, 0.717) is 0 Å². The molecule has 2 aliphatic rings. The van der Waals surface area contributed by atoms with Gasteiger partial charge in [0.2, 0.25) is 5.91 Å². The highest BCUT2D eigenvalue weighted by Crippen LogP contribution is 2.27. The maximum absolute atomic E-state index is 11.4. The molecule has 12 heavy (non-hydrogen) atoms. The molecule has 0 aromatic rings. The van der Waals surface area contributed by atoms with Crippen molar-refractivity contribution in [2.24, 2.45) is 11.8 Å². The monoisotopic (exact) mass is 168 g/mol. The van der Waals surface area contributed by atoms with Gasteiger partial charge in [0.25, 0.3) is 0 Å². The number of amides is 1.